The van der Waals surface area contributed by atoms with Crippen LogP contribution in [-0.2, 0) is 10.8 Å². The van der Waals surface area contributed by atoms with Gasteiger partial charge in [0, 0.05) is 9.79 Å². The number of hydrogen-bond donors (Lipinski definition) is 0. The van der Waals surface area contributed by atoms with Crippen LogP contribution >= 0.6 is 11.8 Å². The Kier molecular flexibility index (Phi) is 7.74. The van der Waals surface area contributed by atoms with Crippen molar-refractivity contribution in [2.75, 3.05) is 0 Å². The summed E-state index contributed by atoms with van der Waals surface area (Å²) in [4.78, 5) is 2.63. The van der Waals surface area contributed by atoms with Crippen molar-refractivity contribution < 1.29 is 0 Å². The van der Waals surface area contributed by atoms with Gasteiger partial charge in [-0.2, -0.15) is 0 Å². The Morgan fingerprint density at radius 2 is 0.800 bits per heavy atom. The quantitative estimate of drug-likeness (QED) is 0.161. The lowest BCUT2D eigenvalue weighted by atomic mass is 9.66. The summed E-state index contributed by atoms with van der Waals surface area (Å²) in [5.74, 6) is 0. The maximum absolute atomic E-state index is 2.57. The molecule has 10 aromatic carbocycles. The van der Waals surface area contributed by atoms with E-state index in [2.05, 4.69) is 221 Å². The molecule has 0 N–H and O–H groups in total. The van der Waals surface area contributed by atoms with E-state index in [4.69, 9.17) is 0 Å². The van der Waals surface area contributed by atoms with Crippen LogP contribution in [0.15, 0.2) is 210 Å². The Balaban J connectivity index is 1.20. The van der Waals surface area contributed by atoms with Crippen LogP contribution in [0.4, 0.5) is 0 Å². The largest absolute Gasteiger partial charge is 0.0894 e. The van der Waals surface area contributed by atoms with Crippen molar-refractivity contribution >= 4 is 44.1 Å². The molecule has 0 atom stereocenters. The average Bonchev–Trinajstić information content (AvgIpc) is 3.57. The van der Waals surface area contributed by atoms with Crippen LogP contribution in [0.3, 0.4) is 0 Å². The Hall–Kier alpha value is -6.67. The van der Waals surface area contributed by atoms with Crippen molar-refractivity contribution in [2.45, 2.75) is 41.4 Å². The molecule has 284 valence electrons. The highest BCUT2D eigenvalue weighted by atomic mass is 32.2. The van der Waals surface area contributed by atoms with Gasteiger partial charge in [0.2, 0.25) is 0 Å². The van der Waals surface area contributed by atoms with Crippen molar-refractivity contribution in [3.63, 3.8) is 0 Å². The minimum atomic E-state index is -0.535. The Bertz CT molecular complexity index is 3260. The van der Waals surface area contributed by atoms with Gasteiger partial charge in [0.15, 0.2) is 0 Å². The van der Waals surface area contributed by atoms with Crippen molar-refractivity contribution in [2.24, 2.45) is 0 Å². The fourth-order valence-electron chi connectivity index (χ4n) is 10.7. The first-order valence-corrected chi connectivity index (χ1v) is 21.9. The van der Waals surface area contributed by atoms with Gasteiger partial charge < -0.3 is 0 Å². The first-order valence-electron chi connectivity index (χ1n) is 21.1. The lowest BCUT2D eigenvalue weighted by molar-refractivity contribution is 0.590. The Morgan fingerprint density at radius 3 is 1.37 bits per heavy atom. The minimum Gasteiger partial charge on any atom is -0.0894 e. The molecule has 0 nitrogen and oxygen atoms in total. The molecule has 1 aliphatic carbocycles. The van der Waals surface area contributed by atoms with Gasteiger partial charge in [-0.1, -0.05) is 208 Å². The van der Waals surface area contributed by atoms with Gasteiger partial charge >= 0.3 is 0 Å². The van der Waals surface area contributed by atoms with Crippen LogP contribution < -0.4 is 0 Å². The molecule has 0 bridgehead atoms. The predicted octanol–water partition coefficient (Wildman–Crippen LogP) is 16.3. The van der Waals surface area contributed by atoms with Gasteiger partial charge in [-0.15, -0.1) is 0 Å². The van der Waals surface area contributed by atoms with E-state index in [1.807, 2.05) is 11.8 Å². The third-order valence-electron chi connectivity index (χ3n) is 13.3. The lowest BCUT2D eigenvalue weighted by Gasteiger charge is -2.40. The molecule has 0 unspecified atom stereocenters. The molecular formula is C59H42S. The molecule has 1 heteroatoms. The zero-order valence-corrected chi connectivity index (χ0v) is 34.8. The van der Waals surface area contributed by atoms with E-state index < -0.39 is 5.41 Å². The lowest BCUT2D eigenvalue weighted by Crippen LogP contribution is -2.32. The maximum Gasteiger partial charge on any atom is 0.0736 e. The van der Waals surface area contributed by atoms with Gasteiger partial charge in [-0.3, -0.25) is 0 Å². The van der Waals surface area contributed by atoms with E-state index in [0.717, 1.165) is 0 Å². The minimum absolute atomic E-state index is 0.0879. The van der Waals surface area contributed by atoms with Gasteiger partial charge in [0.25, 0.3) is 0 Å². The maximum atomic E-state index is 2.57. The Morgan fingerprint density at radius 1 is 0.333 bits per heavy atom. The van der Waals surface area contributed by atoms with Gasteiger partial charge in [0.1, 0.15) is 0 Å². The highest BCUT2D eigenvalue weighted by molar-refractivity contribution is 7.99. The van der Waals surface area contributed by atoms with Gasteiger partial charge in [-0.25, -0.2) is 0 Å². The van der Waals surface area contributed by atoms with Crippen molar-refractivity contribution in [3.05, 3.63) is 228 Å². The molecule has 1 aliphatic heterocycles. The predicted molar refractivity (Wildman–Crippen MR) is 255 cm³/mol. The summed E-state index contributed by atoms with van der Waals surface area (Å²) in [5, 5.41) is 7.67. The highest BCUT2D eigenvalue weighted by Crippen LogP contribution is 2.64. The molecule has 1 heterocycles. The van der Waals surface area contributed by atoms with Gasteiger partial charge in [-0.05, 0) is 134 Å². The molecule has 0 amide bonds. The normalized spacial score (nSPS) is 13.7. The SMILES string of the molecule is CC(C)(C)c1ccc(-c2c3ccccc3c(-c3ccc4c(c3)C3(c5ccccc5Sc5ccccc53)c3cc(-c5ccccc5)c5ccccc5c3-4)c3ccccc23)cc1. The second kappa shape index (κ2) is 13.2. The summed E-state index contributed by atoms with van der Waals surface area (Å²) in [5.41, 5.74) is 16.5. The second-order valence-electron chi connectivity index (χ2n) is 17.5. The van der Waals surface area contributed by atoms with E-state index in [1.165, 1.54) is 114 Å². The monoisotopic (exact) mass is 782 g/mol. The number of rotatable bonds is 3. The topological polar surface area (TPSA) is 0 Å². The molecule has 12 rings (SSSR count). The zero-order valence-electron chi connectivity index (χ0n) is 34.0. The van der Waals surface area contributed by atoms with Crippen molar-refractivity contribution in [1.82, 2.24) is 0 Å². The number of fused-ring (bicyclic) bond motifs is 13. The molecule has 0 aromatic heterocycles. The van der Waals surface area contributed by atoms with E-state index in [-0.39, 0.29) is 5.41 Å². The van der Waals surface area contributed by atoms with Crippen LogP contribution in [-0.4, -0.2) is 0 Å². The van der Waals surface area contributed by atoms with E-state index in [1.54, 1.807) is 0 Å². The third kappa shape index (κ3) is 5.00. The highest BCUT2D eigenvalue weighted by Gasteiger charge is 2.51. The molecule has 0 fully saturated rings. The van der Waals surface area contributed by atoms with Gasteiger partial charge in [0.05, 0.1) is 5.41 Å². The summed E-state index contributed by atoms with van der Waals surface area (Å²) in [7, 11) is 0. The summed E-state index contributed by atoms with van der Waals surface area (Å²) in [6.45, 7) is 6.86. The van der Waals surface area contributed by atoms with Crippen molar-refractivity contribution in [1.29, 1.82) is 0 Å². The van der Waals surface area contributed by atoms with E-state index >= 15 is 0 Å². The van der Waals surface area contributed by atoms with Crippen LogP contribution in [0.1, 0.15) is 48.6 Å². The van der Waals surface area contributed by atoms with Crippen LogP contribution in [0.25, 0.3) is 76.8 Å². The molecule has 0 radical (unpaired) electrons. The summed E-state index contributed by atoms with van der Waals surface area (Å²) in [6.07, 6.45) is 0. The molecule has 2 aliphatic rings. The zero-order chi connectivity index (χ0) is 40.2. The number of hydrogen-bond acceptors (Lipinski definition) is 1. The summed E-state index contributed by atoms with van der Waals surface area (Å²) in [6, 6.07) is 75.7. The van der Waals surface area contributed by atoms with Crippen molar-refractivity contribution in [3.8, 4) is 44.5 Å². The third-order valence-corrected chi connectivity index (χ3v) is 14.4. The van der Waals surface area contributed by atoms with Crippen LogP contribution in [0.5, 0.6) is 0 Å². The molecule has 10 aromatic rings. The molecule has 0 saturated carbocycles. The fraction of sp³-hybridized carbons (Fsp3) is 0.0847. The Labute approximate surface area is 356 Å². The summed E-state index contributed by atoms with van der Waals surface area (Å²) < 4.78 is 0. The van der Waals surface area contributed by atoms with E-state index in [9.17, 15) is 0 Å². The molecule has 60 heavy (non-hydrogen) atoms. The fourth-order valence-corrected chi connectivity index (χ4v) is 11.8. The molecular weight excluding hydrogens is 741 g/mol. The van der Waals surface area contributed by atoms with Crippen LogP contribution in [0, 0.1) is 0 Å². The smallest absolute Gasteiger partial charge is 0.0736 e. The standard InChI is InChI=1S/C59H42S/c1-58(2,3)40-32-29-38(30-33-40)55-43-21-9-11-23-45(43)56(46-24-12-10-22-44(46)55)39-31-34-47-51(35-39)59(49-25-13-15-27-53(49)60-54-28-16-14-26-50(54)59)52-36-48(37-17-5-4-6-18-37)41-19-7-8-20-42(41)57(47)52/h4-36H,1-3H3. The van der Waals surface area contributed by atoms with E-state index in [0.29, 0.717) is 0 Å². The molecule has 1 spiro atoms. The number of benzene rings is 10. The molecule has 0 saturated heterocycles. The van der Waals surface area contributed by atoms with Crippen LogP contribution in [0.2, 0.25) is 0 Å². The summed E-state index contributed by atoms with van der Waals surface area (Å²) >= 11 is 1.90. The second-order valence-corrected chi connectivity index (χ2v) is 18.6. The first kappa shape index (κ1) is 35.3. The average molecular weight is 783 g/mol. The first-order chi connectivity index (χ1) is 29.4.